The van der Waals surface area contributed by atoms with Gasteiger partial charge in [-0.05, 0) is 24.1 Å². The zero-order chi connectivity index (χ0) is 11.3. The van der Waals surface area contributed by atoms with Gasteiger partial charge in [-0.25, -0.2) is 4.39 Å². The second-order valence-electron chi connectivity index (χ2n) is 3.76. The smallest absolute Gasteiger partial charge is 0.127 e. The molecule has 0 aliphatic rings. The molecule has 0 radical (unpaired) electrons. The van der Waals surface area contributed by atoms with Gasteiger partial charge in [0.05, 0.1) is 6.61 Å². The van der Waals surface area contributed by atoms with Crippen molar-refractivity contribution in [2.24, 2.45) is 5.92 Å². The fourth-order valence-corrected chi connectivity index (χ4v) is 1.44. The summed E-state index contributed by atoms with van der Waals surface area (Å²) in [7, 11) is 0. The number of halogens is 2. The van der Waals surface area contributed by atoms with Gasteiger partial charge in [-0.15, -0.1) is 0 Å². The molecule has 0 fully saturated rings. The van der Waals surface area contributed by atoms with Crippen molar-refractivity contribution in [2.45, 2.75) is 20.4 Å². The van der Waals surface area contributed by atoms with Crippen LogP contribution in [-0.4, -0.2) is 6.61 Å². The van der Waals surface area contributed by atoms with Crippen LogP contribution in [0.15, 0.2) is 22.7 Å². The van der Waals surface area contributed by atoms with Crippen LogP contribution in [-0.2, 0) is 11.4 Å². The van der Waals surface area contributed by atoms with E-state index in [1.165, 1.54) is 6.07 Å². The van der Waals surface area contributed by atoms with Gasteiger partial charge in [-0.3, -0.25) is 0 Å². The summed E-state index contributed by atoms with van der Waals surface area (Å²) in [6, 6.07) is 4.85. The topological polar surface area (TPSA) is 21.3 Å². The van der Waals surface area contributed by atoms with Crippen molar-refractivity contribution >= 4 is 15.9 Å². The van der Waals surface area contributed by atoms with E-state index in [2.05, 4.69) is 35.3 Å². The Morgan fingerprint density at radius 3 is 2.87 bits per heavy atom. The predicted molar refractivity (Wildman–Crippen MR) is 61.7 cm³/mol. The predicted octanol–water partition coefficient (Wildman–Crippen LogP) is 3.27. The average Bonchev–Trinajstić information content (AvgIpc) is 2.17. The van der Waals surface area contributed by atoms with Crippen LogP contribution in [0.1, 0.15) is 19.4 Å². The molecule has 0 saturated carbocycles. The summed E-state index contributed by atoms with van der Waals surface area (Å²) in [5.41, 5.74) is 3.33. The summed E-state index contributed by atoms with van der Waals surface area (Å²) in [6.07, 6.45) is 0. The van der Waals surface area contributed by atoms with Crippen LogP contribution >= 0.6 is 15.9 Å². The highest BCUT2D eigenvalue weighted by Gasteiger charge is 2.02. The first kappa shape index (κ1) is 12.6. The molecule has 0 saturated heterocycles. The maximum Gasteiger partial charge on any atom is 0.127 e. The first-order valence-corrected chi connectivity index (χ1v) is 5.67. The summed E-state index contributed by atoms with van der Waals surface area (Å²) < 4.78 is 14.1. The molecule has 0 spiro atoms. The normalized spacial score (nSPS) is 11.0. The van der Waals surface area contributed by atoms with Crippen molar-refractivity contribution in [3.63, 3.8) is 0 Å². The number of hydrogen-bond acceptors (Lipinski definition) is 2. The molecule has 1 N–H and O–H groups in total. The molecule has 0 bridgehead atoms. The lowest BCUT2D eigenvalue weighted by Crippen LogP contribution is -2.18. The number of benzene rings is 1. The Bertz CT molecular complexity index is 317. The van der Waals surface area contributed by atoms with E-state index >= 15 is 0 Å². The molecule has 0 aliphatic heterocycles. The summed E-state index contributed by atoms with van der Waals surface area (Å²) in [4.78, 5) is 5.16. The van der Waals surface area contributed by atoms with Crippen LogP contribution < -0.4 is 5.48 Å². The fourth-order valence-electron chi connectivity index (χ4n) is 1.03. The molecule has 1 rings (SSSR count). The van der Waals surface area contributed by atoms with Gasteiger partial charge in [0.25, 0.3) is 0 Å². The Labute approximate surface area is 97.9 Å². The fraction of sp³-hybridized carbons (Fsp3) is 0.455. The van der Waals surface area contributed by atoms with Gasteiger partial charge in [-0.2, -0.15) is 5.48 Å². The van der Waals surface area contributed by atoms with E-state index in [-0.39, 0.29) is 5.82 Å². The second kappa shape index (κ2) is 6.20. The molecular formula is C11H15BrFNO. The first-order valence-electron chi connectivity index (χ1n) is 4.88. The average molecular weight is 276 g/mol. The van der Waals surface area contributed by atoms with E-state index < -0.39 is 0 Å². The third-order valence-electron chi connectivity index (χ3n) is 1.79. The molecule has 1 aromatic carbocycles. The van der Waals surface area contributed by atoms with E-state index in [0.29, 0.717) is 24.6 Å². The second-order valence-corrected chi connectivity index (χ2v) is 4.68. The molecule has 84 valence electrons. The van der Waals surface area contributed by atoms with Gasteiger partial charge in [0.1, 0.15) is 5.82 Å². The van der Waals surface area contributed by atoms with Crippen LogP contribution in [0.3, 0.4) is 0 Å². The SMILES string of the molecule is CC(C)CONCc1cc(Br)ccc1F. The summed E-state index contributed by atoms with van der Waals surface area (Å²) in [6.45, 7) is 5.11. The highest BCUT2D eigenvalue weighted by molar-refractivity contribution is 9.10. The van der Waals surface area contributed by atoms with Crippen LogP contribution in [0.4, 0.5) is 4.39 Å². The molecule has 15 heavy (non-hydrogen) atoms. The van der Waals surface area contributed by atoms with Crippen molar-refractivity contribution in [3.8, 4) is 0 Å². The first-order chi connectivity index (χ1) is 7.09. The Morgan fingerprint density at radius 2 is 2.20 bits per heavy atom. The minimum Gasteiger partial charge on any atom is -0.301 e. The molecule has 1 aromatic rings. The van der Waals surface area contributed by atoms with E-state index in [9.17, 15) is 4.39 Å². The molecule has 0 atom stereocenters. The van der Waals surface area contributed by atoms with Crippen LogP contribution in [0.5, 0.6) is 0 Å². The van der Waals surface area contributed by atoms with E-state index in [1.807, 2.05) is 0 Å². The van der Waals surface area contributed by atoms with Crippen molar-refractivity contribution in [3.05, 3.63) is 34.1 Å². The van der Waals surface area contributed by atoms with Gasteiger partial charge >= 0.3 is 0 Å². The van der Waals surface area contributed by atoms with Gasteiger partial charge in [0, 0.05) is 16.6 Å². The van der Waals surface area contributed by atoms with Crippen molar-refractivity contribution in [2.75, 3.05) is 6.61 Å². The Kier molecular flexibility index (Phi) is 5.22. The largest absolute Gasteiger partial charge is 0.301 e. The molecule has 0 amide bonds. The molecule has 0 heterocycles. The molecule has 0 unspecified atom stereocenters. The molecule has 4 heteroatoms. The molecule has 2 nitrogen and oxygen atoms in total. The van der Waals surface area contributed by atoms with Crippen LogP contribution in [0.25, 0.3) is 0 Å². The minimum atomic E-state index is -0.223. The maximum atomic E-state index is 13.2. The van der Waals surface area contributed by atoms with Gasteiger partial charge in [0.15, 0.2) is 0 Å². The Morgan fingerprint density at radius 1 is 1.47 bits per heavy atom. The number of hydrogen-bond donors (Lipinski definition) is 1. The Balaban J connectivity index is 2.40. The highest BCUT2D eigenvalue weighted by atomic mass is 79.9. The van der Waals surface area contributed by atoms with Crippen molar-refractivity contribution in [1.82, 2.24) is 5.48 Å². The zero-order valence-corrected chi connectivity index (χ0v) is 10.5. The third-order valence-corrected chi connectivity index (χ3v) is 2.28. The van der Waals surface area contributed by atoms with Gasteiger partial charge < -0.3 is 4.84 Å². The quantitative estimate of drug-likeness (QED) is 0.658. The lowest BCUT2D eigenvalue weighted by Gasteiger charge is -2.08. The lowest BCUT2D eigenvalue weighted by molar-refractivity contribution is 0.0191. The van der Waals surface area contributed by atoms with Crippen LogP contribution in [0, 0.1) is 11.7 Å². The van der Waals surface area contributed by atoms with Crippen molar-refractivity contribution in [1.29, 1.82) is 0 Å². The highest BCUT2D eigenvalue weighted by Crippen LogP contribution is 2.15. The van der Waals surface area contributed by atoms with E-state index in [4.69, 9.17) is 4.84 Å². The van der Waals surface area contributed by atoms with Gasteiger partial charge in [-0.1, -0.05) is 29.8 Å². The lowest BCUT2D eigenvalue weighted by atomic mass is 10.2. The van der Waals surface area contributed by atoms with E-state index in [1.54, 1.807) is 12.1 Å². The molecular weight excluding hydrogens is 261 g/mol. The van der Waals surface area contributed by atoms with Gasteiger partial charge in [0.2, 0.25) is 0 Å². The Hall–Kier alpha value is -0.450. The number of rotatable bonds is 5. The van der Waals surface area contributed by atoms with E-state index in [0.717, 1.165) is 4.47 Å². The summed E-state index contributed by atoms with van der Waals surface area (Å²) in [5.74, 6) is 0.240. The summed E-state index contributed by atoms with van der Waals surface area (Å²) in [5, 5.41) is 0. The third kappa shape index (κ3) is 4.73. The summed E-state index contributed by atoms with van der Waals surface area (Å²) >= 11 is 3.29. The van der Waals surface area contributed by atoms with Crippen LogP contribution in [0.2, 0.25) is 0 Å². The molecule has 0 aromatic heterocycles. The number of hydroxylamine groups is 1. The standard InChI is InChI=1S/C11H15BrFNO/c1-8(2)7-15-14-6-9-5-10(12)3-4-11(9)13/h3-5,8,14H,6-7H2,1-2H3. The number of nitrogens with one attached hydrogen (secondary N) is 1. The zero-order valence-electron chi connectivity index (χ0n) is 8.89. The van der Waals surface area contributed by atoms with Crippen molar-refractivity contribution < 1.29 is 9.23 Å². The maximum absolute atomic E-state index is 13.2. The monoisotopic (exact) mass is 275 g/mol. The minimum absolute atomic E-state index is 0.223. The molecule has 0 aliphatic carbocycles.